The van der Waals surface area contributed by atoms with E-state index in [2.05, 4.69) is 16.3 Å². The van der Waals surface area contributed by atoms with Gasteiger partial charge in [0.05, 0.1) is 0 Å². The predicted molar refractivity (Wildman–Crippen MR) is 44.9 cm³/mol. The predicted octanol–water partition coefficient (Wildman–Crippen LogP) is 1.33. The third kappa shape index (κ3) is 0.489. The van der Waals surface area contributed by atoms with Crippen molar-refractivity contribution in [3.63, 3.8) is 0 Å². The number of fused-ring (bicyclic) bond motifs is 5. The third-order valence-electron chi connectivity index (χ3n) is 4.22. The molecule has 2 atom stereocenters. The summed E-state index contributed by atoms with van der Waals surface area (Å²) in [7, 11) is 0. The first-order chi connectivity index (χ1) is 6.37. The molecule has 0 aliphatic heterocycles. The topological polar surface area (TPSA) is 52.5 Å². The molecule has 1 heterocycles. The minimum absolute atomic E-state index is 0.637. The molecule has 0 aromatic carbocycles. The minimum Gasteiger partial charge on any atom is -0.281 e. The zero-order valence-corrected chi connectivity index (χ0v) is 7.17. The summed E-state index contributed by atoms with van der Waals surface area (Å²) in [5.74, 6) is 1.61. The molecule has 0 bridgehead atoms. The number of hydrogen-bond donors (Lipinski definition) is 1. The standard InChI is InChI=1S/C10H9N3/c11-4-7-5-3-6-8(9(5)13-12-7)10(6)1-2-10/h6,8H,1-3H2,(H,12,13)/t6-,8-/m1/s1. The van der Waals surface area contributed by atoms with E-state index in [-0.39, 0.29) is 0 Å². The Morgan fingerprint density at radius 1 is 1.54 bits per heavy atom. The summed E-state index contributed by atoms with van der Waals surface area (Å²) in [5.41, 5.74) is 3.83. The zero-order chi connectivity index (χ0) is 8.63. The van der Waals surface area contributed by atoms with E-state index in [0.29, 0.717) is 11.1 Å². The van der Waals surface area contributed by atoms with Crippen LogP contribution in [0.3, 0.4) is 0 Å². The van der Waals surface area contributed by atoms with Crippen LogP contribution in [0.15, 0.2) is 0 Å². The summed E-state index contributed by atoms with van der Waals surface area (Å²) in [6.45, 7) is 0. The molecule has 3 aliphatic rings. The van der Waals surface area contributed by atoms with E-state index < -0.39 is 0 Å². The average molecular weight is 171 g/mol. The summed E-state index contributed by atoms with van der Waals surface area (Å²) in [5, 5.41) is 15.9. The van der Waals surface area contributed by atoms with Crippen molar-refractivity contribution in [2.75, 3.05) is 0 Å². The van der Waals surface area contributed by atoms with Gasteiger partial charge in [0, 0.05) is 17.2 Å². The second-order valence-electron chi connectivity index (χ2n) is 4.60. The van der Waals surface area contributed by atoms with Crippen LogP contribution in [0, 0.1) is 22.7 Å². The highest BCUT2D eigenvalue weighted by molar-refractivity contribution is 5.50. The Bertz CT molecular complexity index is 447. The molecule has 2 fully saturated rings. The fraction of sp³-hybridized carbons (Fsp3) is 0.600. The molecule has 64 valence electrons. The van der Waals surface area contributed by atoms with Crippen molar-refractivity contribution in [1.29, 1.82) is 5.26 Å². The van der Waals surface area contributed by atoms with Crippen LogP contribution in [0.5, 0.6) is 0 Å². The van der Waals surface area contributed by atoms with Crippen LogP contribution >= 0.6 is 0 Å². The van der Waals surface area contributed by atoms with E-state index in [1.54, 1.807) is 0 Å². The van der Waals surface area contributed by atoms with E-state index in [1.165, 1.54) is 24.1 Å². The van der Waals surface area contributed by atoms with Crippen LogP contribution in [0.25, 0.3) is 0 Å². The van der Waals surface area contributed by atoms with Crippen molar-refractivity contribution in [3.8, 4) is 6.07 Å². The van der Waals surface area contributed by atoms with Gasteiger partial charge in [-0.2, -0.15) is 10.4 Å². The maximum absolute atomic E-state index is 8.80. The Kier molecular flexibility index (Phi) is 0.727. The molecule has 3 heteroatoms. The van der Waals surface area contributed by atoms with E-state index in [4.69, 9.17) is 5.26 Å². The zero-order valence-electron chi connectivity index (χ0n) is 7.17. The van der Waals surface area contributed by atoms with Crippen LogP contribution in [0.2, 0.25) is 0 Å². The molecule has 0 saturated heterocycles. The highest BCUT2D eigenvalue weighted by Crippen LogP contribution is 2.82. The van der Waals surface area contributed by atoms with Gasteiger partial charge in [-0.05, 0) is 30.6 Å². The Labute approximate surface area is 75.8 Å². The molecule has 3 aliphatic carbocycles. The van der Waals surface area contributed by atoms with Crippen molar-refractivity contribution in [1.82, 2.24) is 10.2 Å². The van der Waals surface area contributed by atoms with Crippen LogP contribution < -0.4 is 0 Å². The van der Waals surface area contributed by atoms with Crippen molar-refractivity contribution >= 4 is 0 Å². The normalized spacial score (nSPS) is 35.3. The molecule has 1 spiro atoms. The minimum atomic E-state index is 0.637. The lowest BCUT2D eigenvalue weighted by atomic mass is 10.1. The van der Waals surface area contributed by atoms with Gasteiger partial charge in [0.15, 0.2) is 5.69 Å². The molecule has 1 N–H and O–H groups in total. The second-order valence-corrected chi connectivity index (χ2v) is 4.60. The Hall–Kier alpha value is -1.30. The molecule has 0 radical (unpaired) electrons. The van der Waals surface area contributed by atoms with Crippen molar-refractivity contribution < 1.29 is 0 Å². The number of nitrogens with zero attached hydrogens (tertiary/aromatic N) is 2. The van der Waals surface area contributed by atoms with Crippen molar-refractivity contribution in [2.45, 2.75) is 25.2 Å². The number of nitriles is 1. The van der Waals surface area contributed by atoms with Gasteiger partial charge in [0.1, 0.15) is 6.07 Å². The maximum Gasteiger partial charge on any atom is 0.165 e. The summed E-state index contributed by atoms with van der Waals surface area (Å²) in [6, 6.07) is 2.15. The van der Waals surface area contributed by atoms with E-state index in [9.17, 15) is 0 Å². The molecule has 1 aromatic rings. The number of nitrogens with one attached hydrogen (secondary N) is 1. The first-order valence-electron chi connectivity index (χ1n) is 4.84. The van der Waals surface area contributed by atoms with E-state index in [1.807, 2.05) is 0 Å². The molecule has 2 saturated carbocycles. The molecule has 3 nitrogen and oxygen atoms in total. The number of aromatic amines is 1. The average Bonchev–Trinajstić information content (AvgIpc) is 2.92. The fourth-order valence-electron chi connectivity index (χ4n) is 3.37. The third-order valence-corrected chi connectivity index (χ3v) is 4.22. The van der Waals surface area contributed by atoms with Crippen molar-refractivity contribution in [3.05, 3.63) is 17.0 Å². The maximum atomic E-state index is 8.80. The van der Waals surface area contributed by atoms with Crippen LogP contribution in [0.4, 0.5) is 0 Å². The molecule has 13 heavy (non-hydrogen) atoms. The Morgan fingerprint density at radius 3 is 3.08 bits per heavy atom. The van der Waals surface area contributed by atoms with Gasteiger partial charge in [0.25, 0.3) is 0 Å². The number of aromatic nitrogens is 2. The van der Waals surface area contributed by atoms with Crippen LogP contribution in [-0.2, 0) is 6.42 Å². The smallest absolute Gasteiger partial charge is 0.165 e. The molecular formula is C10H9N3. The molecule has 0 unspecified atom stereocenters. The second kappa shape index (κ2) is 1.52. The van der Waals surface area contributed by atoms with Gasteiger partial charge in [-0.25, -0.2) is 0 Å². The highest BCUT2D eigenvalue weighted by atomic mass is 15.1. The van der Waals surface area contributed by atoms with Gasteiger partial charge in [-0.15, -0.1) is 0 Å². The van der Waals surface area contributed by atoms with Gasteiger partial charge in [-0.3, -0.25) is 5.10 Å². The van der Waals surface area contributed by atoms with Gasteiger partial charge in [0.2, 0.25) is 0 Å². The molecule has 0 amide bonds. The lowest BCUT2D eigenvalue weighted by molar-refractivity contribution is 0.697. The lowest BCUT2D eigenvalue weighted by Crippen LogP contribution is -1.92. The summed E-state index contributed by atoms with van der Waals surface area (Å²) in [6.07, 6.45) is 3.92. The Balaban J connectivity index is 1.88. The van der Waals surface area contributed by atoms with Gasteiger partial charge >= 0.3 is 0 Å². The molecular weight excluding hydrogens is 162 g/mol. The number of hydrogen-bond acceptors (Lipinski definition) is 2. The summed E-state index contributed by atoms with van der Waals surface area (Å²) in [4.78, 5) is 0. The van der Waals surface area contributed by atoms with Crippen molar-refractivity contribution in [2.24, 2.45) is 11.3 Å². The largest absolute Gasteiger partial charge is 0.281 e. The Morgan fingerprint density at radius 2 is 2.38 bits per heavy atom. The number of rotatable bonds is 0. The van der Waals surface area contributed by atoms with Gasteiger partial charge in [-0.1, -0.05) is 0 Å². The fourth-order valence-corrected chi connectivity index (χ4v) is 3.37. The first kappa shape index (κ1) is 6.20. The highest BCUT2D eigenvalue weighted by Gasteiger charge is 2.75. The quantitative estimate of drug-likeness (QED) is 0.640. The van der Waals surface area contributed by atoms with E-state index >= 15 is 0 Å². The SMILES string of the molecule is N#Cc1n[nH]c2c1C[C@@H]1[C@H]2C12CC2. The van der Waals surface area contributed by atoms with Gasteiger partial charge < -0.3 is 0 Å². The first-order valence-corrected chi connectivity index (χ1v) is 4.84. The number of H-pyrrole nitrogens is 1. The molecule has 4 rings (SSSR count). The lowest BCUT2D eigenvalue weighted by Gasteiger charge is -1.97. The summed E-state index contributed by atoms with van der Waals surface area (Å²) >= 11 is 0. The summed E-state index contributed by atoms with van der Waals surface area (Å²) < 4.78 is 0. The van der Waals surface area contributed by atoms with Crippen LogP contribution in [-0.4, -0.2) is 10.2 Å². The van der Waals surface area contributed by atoms with Crippen LogP contribution in [0.1, 0.15) is 35.7 Å². The molecule has 1 aromatic heterocycles. The monoisotopic (exact) mass is 171 g/mol. The van der Waals surface area contributed by atoms with E-state index in [0.717, 1.165) is 18.3 Å².